The first kappa shape index (κ1) is 30.5. The van der Waals surface area contributed by atoms with E-state index in [9.17, 15) is 9.59 Å². The third-order valence-electron chi connectivity index (χ3n) is 7.70. The Kier molecular flexibility index (Phi) is 8.33. The number of Topliss-reactive ketones (excluding diaryl/α,β-unsaturated/α-hetero) is 1. The summed E-state index contributed by atoms with van der Waals surface area (Å²) in [6.45, 7) is 12.8. The quantitative estimate of drug-likeness (QED) is 0.189. The Balaban J connectivity index is 1.55. The standard InChI is InChI=1S/C37H40N4O3/c1-36(2,3)28-21-26(22-29(37(4,5)6)33(28)44-35(43)39-27-17-11-8-12-18-27)32(42)24-41-31-20-14-13-19-30(31)40(34(41)38)23-25-15-9-7-10-16-25/h7-22,38H,23-24H2,1-6H3,(H,39,43). The van der Waals surface area contributed by atoms with Crippen molar-refractivity contribution < 1.29 is 14.3 Å². The van der Waals surface area contributed by atoms with Gasteiger partial charge >= 0.3 is 6.09 Å². The van der Waals surface area contributed by atoms with Crippen LogP contribution in [0.1, 0.15) is 68.6 Å². The van der Waals surface area contributed by atoms with Crippen LogP contribution in [0, 0.1) is 5.41 Å². The molecule has 7 nitrogen and oxygen atoms in total. The predicted molar refractivity (Wildman–Crippen MR) is 176 cm³/mol. The number of anilines is 1. The number of ketones is 1. The van der Waals surface area contributed by atoms with Crippen LogP contribution in [0.25, 0.3) is 11.0 Å². The second-order valence-electron chi connectivity index (χ2n) is 13.2. The molecule has 0 saturated carbocycles. The minimum atomic E-state index is -0.591. The van der Waals surface area contributed by atoms with Gasteiger partial charge in [0.15, 0.2) is 5.78 Å². The van der Waals surface area contributed by atoms with E-state index in [2.05, 4.69) is 5.32 Å². The normalized spacial score (nSPS) is 11.9. The number of carbonyl (C=O) groups excluding carboxylic acids is 2. The molecule has 1 amide bonds. The van der Waals surface area contributed by atoms with Gasteiger partial charge in [-0.05, 0) is 52.8 Å². The van der Waals surface area contributed by atoms with Gasteiger partial charge in [-0.25, -0.2) is 4.79 Å². The van der Waals surface area contributed by atoms with E-state index in [-0.39, 0.29) is 17.9 Å². The molecule has 5 rings (SSSR count). The Morgan fingerprint density at radius 2 is 1.23 bits per heavy atom. The van der Waals surface area contributed by atoms with E-state index in [4.69, 9.17) is 10.1 Å². The molecule has 2 N–H and O–H groups in total. The highest BCUT2D eigenvalue weighted by atomic mass is 16.6. The topological polar surface area (TPSA) is 89.1 Å². The minimum absolute atomic E-state index is 0.00298. The average Bonchev–Trinajstić information content (AvgIpc) is 3.23. The molecule has 7 heteroatoms. The number of para-hydroxylation sites is 3. The number of nitrogens with one attached hydrogen (secondary N) is 2. The maximum atomic E-state index is 14.1. The molecular weight excluding hydrogens is 548 g/mol. The van der Waals surface area contributed by atoms with Gasteiger partial charge in [0.25, 0.3) is 0 Å². The molecular formula is C37H40N4O3. The van der Waals surface area contributed by atoms with Crippen LogP contribution in [-0.4, -0.2) is 21.0 Å². The van der Waals surface area contributed by atoms with Crippen LogP contribution in [-0.2, 0) is 23.9 Å². The molecule has 0 radical (unpaired) electrons. The van der Waals surface area contributed by atoms with Gasteiger partial charge in [0.2, 0.25) is 5.62 Å². The van der Waals surface area contributed by atoms with Crippen LogP contribution in [0.3, 0.4) is 0 Å². The van der Waals surface area contributed by atoms with Crippen LogP contribution in [0.4, 0.5) is 10.5 Å². The van der Waals surface area contributed by atoms with Crippen molar-refractivity contribution in [3.05, 3.63) is 125 Å². The van der Waals surface area contributed by atoms with E-state index in [1.807, 2.05) is 131 Å². The van der Waals surface area contributed by atoms with Gasteiger partial charge in [0, 0.05) is 22.4 Å². The molecule has 0 aliphatic carbocycles. The number of rotatable bonds is 7. The fourth-order valence-corrected chi connectivity index (χ4v) is 5.39. The van der Waals surface area contributed by atoms with Gasteiger partial charge in [-0.2, -0.15) is 0 Å². The van der Waals surface area contributed by atoms with Crippen molar-refractivity contribution in [2.75, 3.05) is 5.32 Å². The highest BCUT2D eigenvalue weighted by Gasteiger charge is 2.31. The first-order valence-electron chi connectivity index (χ1n) is 14.9. The summed E-state index contributed by atoms with van der Waals surface area (Å²) in [5, 5.41) is 11.9. The zero-order chi connectivity index (χ0) is 31.6. The molecule has 5 aromatic rings. The Bertz CT molecular complexity index is 1840. The smallest absolute Gasteiger partial charge is 0.409 e. The van der Waals surface area contributed by atoms with E-state index >= 15 is 0 Å². The summed E-state index contributed by atoms with van der Waals surface area (Å²) in [5.41, 5.74) is 4.87. The first-order valence-corrected chi connectivity index (χ1v) is 14.9. The van der Waals surface area contributed by atoms with Crippen molar-refractivity contribution in [1.29, 1.82) is 5.41 Å². The fraction of sp³-hybridized carbons (Fsp3) is 0.270. The molecule has 0 aliphatic heterocycles. The van der Waals surface area contributed by atoms with Crippen molar-refractivity contribution in [3.8, 4) is 5.75 Å². The van der Waals surface area contributed by atoms with Gasteiger partial charge < -0.3 is 13.9 Å². The van der Waals surface area contributed by atoms with Gasteiger partial charge in [0.1, 0.15) is 5.75 Å². The summed E-state index contributed by atoms with van der Waals surface area (Å²) in [7, 11) is 0. The molecule has 226 valence electrons. The number of amides is 1. The number of imidazole rings is 1. The molecule has 0 spiro atoms. The number of benzene rings is 4. The zero-order valence-corrected chi connectivity index (χ0v) is 26.3. The van der Waals surface area contributed by atoms with E-state index in [1.165, 1.54) is 0 Å². The maximum Gasteiger partial charge on any atom is 0.417 e. The van der Waals surface area contributed by atoms with E-state index in [1.54, 1.807) is 16.7 Å². The lowest BCUT2D eigenvalue weighted by molar-refractivity contribution is 0.0971. The van der Waals surface area contributed by atoms with Crippen molar-refractivity contribution in [1.82, 2.24) is 9.13 Å². The summed E-state index contributed by atoms with van der Waals surface area (Å²) in [6.07, 6.45) is -0.591. The average molecular weight is 589 g/mol. The summed E-state index contributed by atoms with van der Waals surface area (Å²) < 4.78 is 9.73. The molecule has 0 bridgehead atoms. The number of nitrogens with zero attached hydrogens (tertiary/aromatic N) is 2. The third kappa shape index (κ3) is 6.52. The molecule has 0 saturated heterocycles. The zero-order valence-electron chi connectivity index (χ0n) is 26.3. The van der Waals surface area contributed by atoms with Crippen molar-refractivity contribution in [2.24, 2.45) is 0 Å². The summed E-state index contributed by atoms with van der Waals surface area (Å²) in [5.74, 6) is 0.339. The fourth-order valence-electron chi connectivity index (χ4n) is 5.39. The second-order valence-corrected chi connectivity index (χ2v) is 13.2. The van der Waals surface area contributed by atoms with Gasteiger partial charge in [-0.15, -0.1) is 0 Å². The van der Waals surface area contributed by atoms with Gasteiger partial charge in [0.05, 0.1) is 24.1 Å². The van der Waals surface area contributed by atoms with Crippen molar-refractivity contribution in [2.45, 2.75) is 65.5 Å². The summed E-state index contributed by atoms with van der Waals surface area (Å²) >= 11 is 0. The minimum Gasteiger partial charge on any atom is -0.409 e. The van der Waals surface area contributed by atoms with Crippen LogP contribution in [0.2, 0.25) is 0 Å². The number of hydrogen-bond acceptors (Lipinski definition) is 4. The molecule has 1 heterocycles. The molecule has 1 aromatic heterocycles. The molecule has 0 aliphatic rings. The van der Waals surface area contributed by atoms with E-state index in [0.717, 1.165) is 27.7 Å². The van der Waals surface area contributed by atoms with Gasteiger partial charge in [-0.3, -0.25) is 15.5 Å². The van der Waals surface area contributed by atoms with E-state index in [0.29, 0.717) is 23.5 Å². The lowest BCUT2D eigenvalue weighted by Gasteiger charge is -2.30. The molecule has 4 aromatic carbocycles. The highest BCUT2D eigenvalue weighted by Crippen LogP contribution is 2.41. The molecule has 44 heavy (non-hydrogen) atoms. The number of ether oxygens (including phenoxy) is 1. The molecule has 0 atom stereocenters. The first-order chi connectivity index (χ1) is 20.8. The lowest BCUT2D eigenvalue weighted by Crippen LogP contribution is -2.28. The van der Waals surface area contributed by atoms with Crippen LogP contribution >= 0.6 is 0 Å². The van der Waals surface area contributed by atoms with Crippen molar-refractivity contribution >= 4 is 28.6 Å². The summed E-state index contributed by atoms with van der Waals surface area (Å²) in [4.78, 5) is 27.1. The Hall–Kier alpha value is -4.91. The number of aromatic nitrogens is 2. The Morgan fingerprint density at radius 1 is 0.727 bits per heavy atom. The van der Waals surface area contributed by atoms with Crippen molar-refractivity contribution in [3.63, 3.8) is 0 Å². The molecule has 0 unspecified atom stereocenters. The largest absolute Gasteiger partial charge is 0.417 e. The number of carbonyl (C=O) groups is 2. The second kappa shape index (κ2) is 12.0. The lowest BCUT2D eigenvalue weighted by atomic mass is 9.78. The van der Waals surface area contributed by atoms with Crippen LogP contribution in [0.15, 0.2) is 97.1 Å². The van der Waals surface area contributed by atoms with Crippen LogP contribution < -0.4 is 15.7 Å². The number of hydrogen-bond donors (Lipinski definition) is 2. The van der Waals surface area contributed by atoms with E-state index < -0.39 is 16.9 Å². The van der Waals surface area contributed by atoms with Gasteiger partial charge in [-0.1, -0.05) is 102 Å². The van der Waals surface area contributed by atoms with Crippen LogP contribution in [0.5, 0.6) is 5.75 Å². The Morgan fingerprint density at radius 3 is 1.77 bits per heavy atom. The maximum absolute atomic E-state index is 14.1. The highest BCUT2D eigenvalue weighted by molar-refractivity contribution is 5.98. The Labute approximate surface area is 258 Å². The SMILES string of the molecule is CC(C)(C)c1cc(C(=O)Cn2c(=N)n(Cc3ccccc3)c3ccccc32)cc(C(C)(C)C)c1OC(=O)Nc1ccccc1. The summed E-state index contributed by atoms with van der Waals surface area (Å²) in [6, 6.07) is 30.7. The molecule has 0 fully saturated rings. The predicted octanol–water partition coefficient (Wildman–Crippen LogP) is 8.06. The number of fused-ring (bicyclic) bond motifs is 1. The monoisotopic (exact) mass is 588 g/mol. The third-order valence-corrected chi connectivity index (χ3v) is 7.70.